The average molecular weight is 249 g/mol. The zero-order valence-corrected chi connectivity index (χ0v) is 11.4. The van der Waals surface area contributed by atoms with Crippen molar-refractivity contribution in [1.82, 2.24) is 9.78 Å². The number of aryl methyl sites for hydroxylation is 1. The van der Waals surface area contributed by atoms with Crippen molar-refractivity contribution in [2.75, 3.05) is 5.73 Å². The first-order valence-electron chi connectivity index (χ1n) is 5.98. The number of nitrogens with two attached hydrogens (primary N) is 1. The van der Waals surface area contributed by atoms with Crippen LogP contribution in [0.15, 0.2) is 17.5 Å². The second-order valence-electron chi connectivity index (χ2n) is 4.53. The van der Waals surface area contributed by atoms with Gasteiger partial charge >= 0.3 is 0 Å². The predicted molar refractivity (Wildman–Crippen MR) is 74.1 cm³/mol. The van der Waals surface area contributed by atoms with Crippen LogP contribution in [0.3, 0.4) is 0 Å². The first-order chi connectivity index (χ1) is 8.13. The van der Waals surface area contributed by atoms with Crippen molar-refractivity contribution in [2.24, 2.45) is 13.0 Å². The molecule has 0 radical (unpaired) electrons. The molecule has 0 aromatic carbocycles. The van der Waals surface area contributed by atoms with Crippen LogP contribution >= 0.6 is 11.3 Å². The topological polar surface area (TPSA) is 43.8 Å². The molecular weight excluding hydrogens is 230 g/mol. The molecule has 0 bridgehead atoms. The van der Waals surface area contributed by atoms with Crippen LogP contribution < -0.4 is 5.73 Å². The van der Waals surface area contributed by atoms with Crippen LogP contribution in [0.5, 0.6) is 0 Å². The maximum atomic E-state index is 6.12. The van der Waals surface area contributed by atoms with Crippen molar-refractivity contribution in [2.45, 2.75) is 26.7 Å². The first-order valence-corrected chi connectivity index (χ1v) is 6.86. The summed E-state index contributed by atoms with van der Waals surface area (Å²) in [6.07, 6.45) is 2.16. The Balaban J connectivity index is 2.42. The molecule has 2 rings (SSSR count). The summed E-state index contributed by atoms with van der Waals surface area (Å²) < 4.78 is 1.78. The van der Waals surface area contributed by atoms with E-state index in [1.165, 1.54) is 11.3 Å². The van der Waals surface area contributed by atoms with E-state index in [4.69, 9.17) is 5.73 Å². The van der Waals surface area contributed by atoms with E-state index in [1.54, 1.807) is 16.0 Å². The van der Waals surface area contributed by atoms with Crippen LogP contribution in [-0.2, 0) is 13.5 Å². The van der Waals surface area contributed by atoms with E-state index in [2.05, 4.69) is 36.5 Å². The summed E-state index contributed by atoms with van der Waals surface area (Å²) in [5, 5.41) is 6.63. The van der Waals surface area contributed by atoms with Gasteiger partial charge in [-0.1, -0.05) is 26.3 Å². The van der Waals surface area contributed by atoms with Gasteiger partial charge < -0.3 is 5.73 Å². The van der Waals surface area contributed by atoms with E-state index in [-0.39, 0.29) is 0 Å². The summed E-state index contributed by atoms with van der Waals surface area (Å²) >= 11 is 1.72. The van der Waals surface area contributed by atoms with Gasteiger partial charge in [0.05, 0.1) is 11.3 Å². The minimum absolute atomic E-state index is 0.642. The minimum Gasteiger partial charge on any atom is -0.383 e. The molecule has 0 aliphatic heterocycles. The Morgan fingerprint density at radius 3 is 2.88 bits per heavy atom. The highest BCUT2D eigenvalue weighted by Gasteiger charge is 2.17. The number of hydrogen-bond donors (Lipinski definition) is 1. The van der Waals surface area contributed by atoms with Crippen LogP contribution in [0.2, 0.25) is 0 Å². The molecule has 2 aromatic rings. The third-order valence-corrected chi connectivity index (χ3v) is 4.06. The molecule has 3 nitrogen and oxygen atoms in total. The van der Waals surface area contributed by atoms with Gasteiger partial charge in [-0.2, -0.15) is 5.10 Å². The van der Waals surface area contributed by atoms with Gasteiger partial charge in [0.25, 0.3) is 0 Å². The van der Waals surface area contributed by atoms with Gasteiger partial charge in [-0.15, -0.1) is 11.3 Å². The Hall–Kier alpha value is -1.29. The number of rotatable bonds is 4. The highest BCUT2D eigenvalue weighted by molar-refractivity contribution is 7.13. The van der Waals surface area contributed by atoms with E-state index in [9.17, 15) is 0 Å². The molecule has 2 heterocycles. The predicted octanol–water partition coefficient (Wildman–Crippen LogP) is 3.32. The monoisotopic (exact) mass is 249 g/mol. The molecule has 0 spiro atoms. The normalized spacial score (nSPS) is 12.9. The van der Waals surface area contributed by atoms with Gasteiger partial charge in [-0.05, 0) is 23.8 Å². The fraction of sp³-hybridized carbons (Fsp3) is 0.462. The van der Waals surface area contributed by atoms with Gasteiger partial charge in [-0.25, -0.2) is 0 Å². The largest absolute Gasteiger partial charge is 0.383 e. The molecule has 92 valence electrons. The number of thiophene rings is 1. The molecule has 0 aliphatic carbocycles. The van der Waals surface area contributed by atoms with Gasteiger partial charge in [0, 0.05) is 11.9 Å². The van der Waals surface area contributed by atoms with Crippen LogP contribution in [0.1, 0.15) is 26.0 Å². The molecule has 0 amide bonds. The number of hydrogen-bond acceptors (Lipinski definition) is 3. The quantitative estimate of drug-likeness (QED) is 0.903. The van der Waals surface area contributed by atoms with Crippen LogP contribution in [-0.4, -0.2) is 9.78 Å². The average Bonchev–Trinajstić information content (AvgIpc) is 2.89. The summed E-state index contributed by atoms with van der Waals surface area (Å²) in [6.45, 7) is 4.46. The number of nitrogen functional groups attached to an aromatic ring is 1. The molecular formula is C13H19N3S. The Morgan fingerprint density at radius 2 is 2.29 bits per heavy atom. The van der Waals surface area contributed by atoms with Crippen LogP contribution in [0, 0.1) is 5.92 Å². The van der Waals surface area contributed by atoms with Crippen molar-refractivity contribution >= 4 is 17.2 Å². The smallest absolute Gasteiger partial charge is 0.130 e. The minimum atomic E-state index is 0.642. The molecule has 2 N–H and O–H groups in total. The zero-order valence-electron chi connectivity index (χ0n) is 10.6. The molecule has 1 atom stereocenters. The molecule has 0 saturated heterocycles. The summed E-state index contributed by atoms with van der Waals surface area (Å²) in [4.78, 5) is 1.22. The van der Waals surface area contributed by atoms with Gasteiger partial charge in [0.15, 0.2) is 0 Å². The lowest BCUT2D eigenvalue weighted by Gasteiger charge is -2.07. The van der Waals surface area contributed by atoms with Gasteiger partial charge in [-0.3, -0.25) is 4.68 Å². The summed E-state index contributed by atoms with van der Waals surface area (Å²) in [5.74, 6) is 1.41. The Bertz CT molecular complexity index is 485. The van der Waals surface area contributed by atoms with E-state index >= 15 is 0 Å². The van der Waals surface area contributed by atoms with Crippen molar-refractivity contribution in [1.29, 1.82) is 0 Å². The molecule has 1 unspecified atom stereocenters. The molecule has 0 aliphatic rings. The van der Waals surface area contributed by atoms with E-state index in [0.29, 0.717) is 5.92 Å². The first kappa shape index (κ1) is 12.2. The van der Waals surface area contributed by atoms with E-state index in [0.717, 1.165) is 23.5 Å². The summed E-state index contributed by atoms with van der Waals surface area (Å²) in [5.41, 5.74) is 8.37. The molecule has 17 heavy (non-hydrogen) atoms. The molecule has 2 aromatic heterocycles. The lowest BCUT2D eigenvalue weighted by Crippen LogP contribution is -2.00. The molecule has 0 saturated carbocycles. The number of anilines is 1. The Morgan fingerprint density at radius 1 is 1.53 bits per heavy atom. The third-order valence-electron chi connectivity index (χ3n) is 3.17. The van der Waals surface area contributed by atoms with Gasteiger partial charge in [0.2, 0.25) is 0 Å². The summed E-state index contributed by atoms with van der Waals surface area (Å²) in [6, 6.07) is 4.16. The van der Waals surface area contributed by atoms with Crippen molar-refractivity contribution in [3.63, 3.8) is 0 Å². The standard InChI is InChI=1S/C13H19N3S/c1-4-9(2)8-10-12(11-6-5-7-17-11)13(14)16(3)15-10/h5-7,9H,4,8,14H2,1-3H3. The maximum Gasteiger partial charge on any atom is 0.130 e. The highest BCUT2D eigenvalue weighted by Crippen LogP contribution is 2.34. The third kappa shape index (κ3) is 2.36. The lowest BCUT2D eigenvalue weighted by atomic mass is 10.00. The van der Waals surface area contributed by atoms with E-state index < -0.39 is 0 Å². The number of aromatic nitrogens is 2. The zero-order chi connectivity index (χ0) is 12.4. The van der Waals surface area contributed by atoms with Crippen LogP contribution in [0.25, 0.3) is 10.4 Å². The number of nitrogens with zero attached hydrogens (tertiary/aromatic N) is 2. The Labute approximate surface area is 106 Å². The second kappa shape index (κ2) is 4.92. The second-order valence-corrected chi connectivity index (χ2v) is 5.47. The molecule has 4 heteroatoms. The SMILES string of the molecule is CCC(C)Cc1nn(C)c(N)c1-c1cccs1. The maximum absolute atomic E-state index is 6.12. The van der Waals surface area contributed by atoms with Crippen molar-refractivity contribution < 1.29 is 0 Å². The lowest BCUT2D eigenvalue weighted by molar-refractivity contribution is 0.547. The fourth-order valence-corrected chi connectivity index (χ4v) is 2.70. The van der Waals surface area contributed by atoms with E-state index in [1.807, 2.05) is 7.05 Å². The van der Waals surface area contributed by atoms with Crippen molar-refractivity contribution in [3.05, 3.63) is 23.2 Å². The Kier molecular flexibility index (Phi) is 3.52. The molecule has 0 fully saturated rings. The van der Waals surface area contributed by atoms with Crippen LogP contribution in [0.4, 0.5) is 5.82 Å². The highest BCUT2D eigenvalue weighted by atomic mass is 32.1. The fourth-order valence-electron chi connectivity index (χ4n) is 1.90. The van der Waals surface area contributed by atoms with Gasteiger partial charge in [0.1, 0.15) is 5.82 Å². The van der Waals surface area contributed by atoms with Crippen molar-refractivity contribution in [3.8, 4) is 10.4 Å². The summed E-state index contributed by atoms with van der Waals surface area (Å²) in [7, 11) is 1.91.